The van der Waals surface area contributed by atoms with Crippen molar-refractivity contribution in [3.63, 3.8) is 0 Å². The first-order chi connectivity index (χ1) is 9.86. The van der Waals surface area contributed by atoms with Crippen LogP contribution < -0.4 is 11.1 Å². The standard InChI is InChI=1S/C12H23N5O2S/c13-11-12(16-19-15-11)14-3-9-20-10-8-18-7-6-17-4-1-2-5-17/h1-10H2,(H2,13,15)(H,14,16). The molecule has 0 atom stereocenters. The molecule has 0 bridgehead atoms. The minimum atomic E-state index is 0.306. The van der Waals surface area contributed by atoms with Crippen molar-refractivity contribution in [1.29, 1.82) is 0 Å². The molecule has 7 nitrogen and oxygen atoms in total. The number of ether oxygens (including phenoxy) is 1. The summed E-state index contributed by atoms with van der Waals surface area (Å²) < 4.78 is 10.1. The van der Waals surface area contributed by atoms with E-state index in [0.717, 1.165) is 37.8 Å². The Morgan fingerprint density at radius 1 is 1.25 bits per heavy atom. The van der Waals surface area contributed by atoms with E-state index in [1.54, 1.807) is 0 Å². The summed E-state index contributed by atoms with van der Waals surface area (Å²) in [6, 6.07) is 0. The van der Waals surface area contributed by atoms with Gasteiger partial charge in [-0.2, -0.15) is 11.8 Å². The molecule has 1 aliphatic heterocycles. The van der Waals surface area contributed by atoms with Gasteiger partial charge >= 0.3 is 0 Å². The molecule has 114 valence electrons. The van der Waals surface area contributed by atoms with Crippen LogP contribution in [-0.2, 0) is 4.74 Å². The maximum Gasteiger partial charge on any atom is 0.215 e. The summed E-state index contributed by atoms with van der Waals surface area (Å²) in [6.07, 6.45) is 2.68. The van der Waals surface area contributed by atoms with Gasteiger partial charge in [0.2, 0.25) is 11.6 Å². The Balaban J connectivity index is 1.36. The summed E-state index contributed by atoms with van der Waals surface area (Å²) >= 11 is 1.84. The number of nitrogens with zero attached hydrogens (tertiary/aromatic N) is 3. The van der Waals surface area contributed by atoms with Crippen LogP contribution in [0.5, 0.6) is 0 Å². The van der Waals surface area contributed by atoms with E-state index in [-0.39, 0.29) is 0 Å². The summed E-state index contributed by atoms with van der Waals surface area (Å²) in [6.45, 7) is 6.00. The van der Waals surface area contributed by atoms with Gasteiger partial charge in [0.1, 0.15) is 0 Å². The fourth-order valence-corrected chi connectivity index (χ4v) is 2.77. The first kappa shape index (κ1) is 15.4. The lowest BCUT2D eigenvalue weighted by molar-refractivity contribution is 0.124. The molecule has 1 aromatic rings. The van der Waals surface area contributed by atoms with Crippen LogP contribution in [0.25, 0.3) is 0 Å². The van der Waals surface area contributed by atoms with Gasteiger partial charge in [0.15, 0.2) is 0 Å². The molecule has 8 heteroatoms. The van der Waals surface area contributed by atoms with Crippen molar-refractivity contribution < 1.29 is 9.37 Å². The molecule has 2 rings (SSSR count). The predicted octanol–water partition coefficient (Wildman–Crippen LogP) is 0.909. The molecule has 0 spiro atoms. The molecule has 20 heavy (non-hydrogen) atoms. The van der Waals surface area contributed by atoms with E-state index in [2.05, 4.69) is 25.2 Å². The number of thioether (sulfide) groups is 1. The summed E-state index contributed by atoms with van der Waals surface area (Å²) in [5.41, 5.74) is 5.53. The normalized spacial score (nSPS) is 15.8. The van der Waals surface area contributed by atoms with Gasteiger partial charge in [-0.05, 0) is 36.2 Å². The highest BCUT2D eigenvalue weighted by atomic mass is 32.2. The number of nitrogens with two attached hydrogens (primary N) is 1. The number of likely N-dealkylation sites (tertiary alicyclic amines) is 1. The summed E-state index contributed by atoms with van der Waals surface area (Å²) in [5.74, 6) is 2.81. The molecule has 2 heterocycles. The van der Waals surface area contributed by atoms with Gasteiger partial charge in [-0.3, -0.25) is 0 Å². The van der Waals surface area contributed by atoms with Gasteiger partial charge in [-0.25, -0.2) is 4.63 Å². The van der Waals surface area contributed by atoms with Crippen LogP contribution in [0.2, 0.25) is 0 Å². The largest absolute Gasteiger partial charge is 0.379 e. The van der Waals surface area contributed by atoms with E-state index in [0.29, 0.717) is 11.6 Å². The average Bonchev–Trinajstić information content (AvgIpc) is 3.09. The zero-order valence-electron chi connectivity index (χ0n) is 11.7. The molecule has 0 aliphatic carbocycles. The van der Waals surface area contributed by atoms with Gasteiger partial charge in [0, 0.05) is 24.6 Å². The molecule has 1 fully saturated rings. The second kappa shape index (κ2) is 9.04. The Morgan fingerprint density at radius 3 is 2.85 bits per heavy atom. The SMILES string of the molecule is Nc1nonc1NCCSCCOCCN1CCCC1. The lowest BCUT2D eigenvalue weighted by Crippen LogP contribution is -2.24. The topological polar surface area (TPSA) is 89.4 Å². The van der Waals surface area contributed by atoms with E-state index in [9.17, 15) is 0 Å². The quantitative estimate of drug-likeness (QED) is 0.616. The van der Waals surface area contributed by atoms with Crippen LogP contribution in [-0.4, -0.2) is 66.1 Å². The minimum Gasteiger partial charge on any atom is -0.379 e. The van der Waals surface area contributed by atoms with Crippen LogP contribution in [0, 0.1) is 0 Å². The highest BCUT2D eigenvalue weighted by Crippen LogP contribution is 2.10. The summed E-state index contributed by atoms with van der Waals surface area (Å²) in [7, 11) is 0. The fourth-order valence-electron chi connectivity index (χ4n) is 2.08. The molecule has 0 aromatic carbocycles. The third-order valence-corrected chi connectivity index (χ3v) is 4.12. The lowest BCUT2D eigenvalue weighted by Gasteiger charge is -2.14. The van der Waals surface area contributed by atoms with Crippen LogP contribution in [0.15, 0.2) is 4.63 Å². The number of nitrogen functional groups attached to an aromatic ring is 1. The van der Waals surface area contributed by atoms with Crippen LogP contribution in [0.4, 0.5) is 11.6 Å². The second-order valence-electron chi connectivity index (χ2n) is 4.70. The molecule has 3 N–H and O–H groups in total. The Bertz CT molecular complexity index is 370. The number of rotatable bonds is 10. The van der Waals surface area contributed by atoms with Crippen molar-refractivity contribution in [3.05, 3.63) is 0 Å². The van der Waals surface area contributed by atoms with E-state index in [1.807, 2.05) is 11.8 Å². The monoisotopic (exact) mass is 301 g/mol. The molecule has 1 saturated heterocycles. The summed E-state index contributed by atoms with van der Waals surface area (Å²) in [5, 5.41) is 10.2. The van der Waals surface area contributed by atoms with Crippen LogP contribution in [0.3, 0.4) is 0 Å². The molecular formula is C12H23N5O2S. The minimum absolute atomic E-state index is 0.306. The van der Waals surface area contributed by atoms with Gasteiger partial charge < -0.3 is 20.7 Å². The van der Waals surface area contributed by atoms with Crippen LogP contribution in [0.1, 0.15) is 12.8 Å². The van der Waals surface area contributed by atoms with E-state index >= 15 is 0 Å². The van der Waals surface area contributed by atoms with E-state index in [4.69, 9.17) is 10.5 Å². The lowest BCUT2D eigenvalue weighted by atomic mass is 10.4. The zero-order chi connectivity index (χ0) is 14.0. The number of nitrogens with one attached hydrogen (secondary N) is 1. The van der Waals surface area contributed by atoms with Gasteiger partial charge in [-0.1, -0.05) is 0 Å². The molecular weight excluding hydrogens is 278 g/mol. The summed E-state index contributed by atoms with van der Waals surface area (Å²) in [4.78, 5) is 2.47. The number of hydrogen-bond donors (Lipinski definition) is 2. The Hall–Kier alpha value is -0.990. The third kappa shape index (κ3) is 5.56. The number of aromatic nitrogens is 2. The average molecular weight is 301 g/mol. The Morgan fingerprint density at radius 2 is 2.10 bits per heavy atom. The Kier molecular flexibility index (Phi) is 6.96. The molecule has 0 unspecified atom stereocenters. The fraction of sp³-hybridized carbons (Fsp3) is 0.833. The smallest absolute Gasteiger partial charge is 0.215 e. The molecule has 0 radical (unpaired) electrons. The maximum absolute atomic E-state index is 5.63. The van der Waals surface area contributed by atoms with Crippen molar-refractivity contribution >= 4 is 23.4 Å². The third-order valence-electron chi connectivity index (χ3n) is 3.18. The predicted molar refractivity (Wildman–Crippen MR) is 81.0 cm³/mol. The first-order valence-corrected chi connectivity index (χ1v) is 8.21. The first-order valence-electron chi connectivity index (χ1n) is 7.06. The van der Waals surface area contributed by atoms with Crippen molar-refractivity contribution in [2.75, 3.05) is 61.9 Å². The highest BCUT2D eigenvalue weighted by Gasteiger charge is 2.10. The van der Waals surface area contributed by atoms with Crippen molar-refractivity contribution in [2.45, 2.75) is 12.8 Å². The maximum atomic E-state index is 5.63. The number of hydrogen-bond acceptors (Lipinski definition) is 8. The van der Waals surface area contributed by atoms with Gasteiger partial charge in [-0.15, -0.1) is 0 Å². The van der Waals surface area contributed by atoms with Gasteiger partial charge in [0.05, 0.1) is 13.2 Å². The van der Waals surface area contributed by atoms with Gasteiger partial charge in [0.25, 0.3) is 0 Å². The van der Waals surface area contributed by atoms with Crippen LogP contribution >= 0.6 is 11.8 Å². The second-order valence-corrected chi connectivity index (χ2v) is 5.92. The molecule has 0 saturated carbocycles. The van der Waals surface area contributed by atoms with E-state index in [1.165, 1.54) is 25.9 Å². The molecule has 1 aliphatic rings. The van der Waals surface area contributed by atoms with Crippen molar-refractivity contribution in [1.82, 2.24) is 15.2 Å². The zero-order valence-corrected chi connectivity index (χ0v) is 12.5. The number of anilines is 2. The van der Waals surface area contributed by atoms with Crippen molar-refractivity contribution in [2.24, 2.45) is 0 Å². The van der Waals surface area contributed by atoms with E-state index < -0.39 is 0 Å². The van der Waals surface area contributed by atoms with Crippen molar-refractivity contribution in [3.8, 4) is 0 Å². The molecule has 0 amide bonds. The highest BCUT2D eigenvalue weighted by molar-refractivity contribution is 7.99. The Labute approximate surface area is 123 Å². The molecule has 1 aromatic heterocycles.